The third-order valence-electron chi connectivity index (χ3n) is 4.51. The molecule has 1 unspecified atom stereocenters. The summed E-state index contributed by atoms with van der Waals surface area (Å²) >= 11 is 0. The average molecular weight is 273 g/mol. The summed E-state index contributed by atoms with van der Waals surface area (Å²) in [5, 5.41) is 12.1. The molecule has 106 valence electrons. The maximum absolute atomic E-state index is 12.2. The van der Waals surface area contributed by atoms with Gasteiger partial charge in [-0.25, -0.2) is 4.79 Å². The van der Waals surface area contributed by atoms with Crippen LogP contribution >= 0.6 is 0 Å². The van der Waals surface area contributed by atoms with Crippen molar-refractivity contribution in [3.05, 3.63) is 34.9 Å². The summed E-state index contributed by atoms with van der Waals surface area (Å²) in [6.45, 7) is 0. The molecule has 0 aliphatic heterocycles. The molecule has 0 aromatic heterocycles. The number of hydrogen-bond donors (Lipinski definition) is 2. The number of hydrogen-bond acceptors (Lipinski definition) is 2. The first-order valence-electron chi connectivity index (χ1n) is 7.31. The van der Waals surface area contributed by atoms with Crippen LogP contribution in [0.25, 0.3) is 0 Å². The van der Waals surface area contributed by atoms with Gasteiger partial charge in [0.05, 0.1) is 11.6 Å². The average Bonchev–Trinajstić information content (AvgIpc) is 3.07. The molecule has 4 heteroatoms. The highest BCUT2D eigenvalue weighted by molar-refractivity contribution is 5.88. The normalized spacial score (nSPS) is 21.7. The Bertz CT molecular complexity index is 547. The first-order valence-corrected chi connectivity index (χ1v) is 7.31. The lowest BCUT2D eigenvalue weighted by Crippen LogP contribution is -2.32. The summed E-state index contributed by atoms with van der Waals surface area (Å²) in [6, 6.07) is 5.27. The Hall–Kier alpha value is -1.84. The Morgan fingerprint density at radius 3 is 2.60 bits per heavy atom. The van der Waals surface area contributed by atoms with E-state index in [-0.39, 0.29) is 17.9 Å². The fourth-order valence-corrected chi connectivity index (χ4v) is 3.38. The Morgan fingerprint density at radius 1 is 1.15 bits per heavy atom. The molecule has 1 atom stereocenters. The van der Waals surface area contributed by atoms with Crippen LogP contribution in [0.2, 0.25) is 0 Å². The molecule has 2 aliphatic carbocycles. The molecule has 20 heavy (non-hydrogen) atoms. The van der Waals surface area contributed by atoms with Gasteiger partial charge >= 0.3 is 5.97 Å². The molecule has 0 heterocycles. The number of nitrogens with one attached hydrogen (secondary N) is 1. The number of carbonyl (C=O) groups is 2. The summed E-state index contributed by atoms with van der Waals surface area (Å²) < 4.78 is 0. The van der Waals surface area contributed by atoms with Gasteiger partial charge in [0.25, 0.3) is 0 Å². The van der Waals surface area contributed by atoms with Crippen LogP contribution < -0.4 is 5.32 Å². The SMILES string of the molecule is O=C(O)c1ccc2c(c1)CCC2NC(=O)C1CCCC1. The first-order chi connectivity index (χ1) is 9.65. The third kappa shape index (κ3) is 2.42. The Kier molecular flexibility index (Phi) is 3.47. The number of aromatic carboxylic acids is 1. The maximum Gasteiger partial charge on any atom is 0.335 e. The highest BCUT2D eigenvalue weighted by Gasteiger charge is 2.28. The van der Waals surface area contributed by atoms with E-state index in [9.17, 15) is 9.59 Å². The third-order valence-corrected chi connectivity index (χ3v) is 4.51. The highest BCUT2D eigenvalue weighted by Crippen LogP contribution is 2.33. The van der Waals surface area contributed by atoms with E-state index < -0.39 is 5.97 Å². The number of amides is 1. The highest BCUT2D eigenvalue weighted by atomic mass is 16.4. The standard InChI is InChI=1S/C16H19NO3/c18-15(10-3-1-2-4-10)17-14-8-6-11-9-12(16(19)20)5-7-13(11)14/h5,7,9-10,14H,1-4,6,8H2,(H,17,18)(H,19,20). The number of carboxylic acid groups (broad SMARTS) is 1. The first kappa shape index (κ1) is 13.2. The van der Waals surface area contributed by atoms with E-state index in [0.717, 1.165) is 49.7 Å². The minimum atomic E-state index is -0.897. The van der Waals surface area contributed by atoms with Crippen LogP contribution in [0.1, 0.15) is 59.6 Å². The molecule has 4 nitrogen and oxygen atoms in total. The smallest absolute Gasteiger partial charge is 0.335 e. The quantitative estimate of drug-likeness (QED) is 0.889. The van der Waals surface area contributed by atoms with Crippen molar-refractivity contribution in [2.24, 2.45) is 5.92 Å². The van der Waals surface area contributed by atoms with Crippen molar-refractivity contribution in [2.75, 3.05) is 0 Å². The monoisotopic (exact) mass is 273 g/mol. The molecule has 3 rings (SSSR count). The maximum atomic E-state index is 12.2. The van der Waals surface area contributed by atoms with Crippen LogP contribution in [0, 0.1) is 5.92 Å². The summed E-state index contributed by atoms with van der Waals surface area (Å²) in [5.41, 5.74) is 2.47. The lowest BCUT2D eigenvalue weighted by Gasteiger charge is -2.17. The van der Waals surface area contributed by atoms with Crippen LogP contribution in [0.15, 0.2) is 18.2 Å². The largest absolute Gasteiger partial charge is 0.478 e. The van der Waals surface area contributed by atoms with Crippen molar-refractivity contribution >= 4 is 11.9 Å². The molecular formula is C16H19NO3. The number of benzene rings is 1. The predicted octanol–water partition coefficient (Wildman–Crippen LogP) is 2.68. The molecule has 1 amide bonds. The van der Waals surface area contributed by atoms with Gasteiger partial charge in [-0.2, -0.15) is 0 Å². The van der Waals surface area contributed by atoms with Crippen LogP contribution in [-0.4, -0.2) is 17.0 Å². The summed E-state index contributed by atoms with van der Waals surface area (Å²) in [6.07, 6.45) is 6.03. The van der Waals surface area contributed by atoms with Gasteiger partial charge in [-0.3, -0.25) is 4.79 Å². The lowest BCUT2D eigenvalue weighted by molar-refractivity contribution is -0.125. The number of aryl methyl sites for hydroxylation is 1. The van der Waals surface area contributed by atoms with Gasteiger partial charge in [-0.15, -0.1) is 0 Å². The Labute approximate surface area is 118 Å². The fourth-order valence-electron chi connectivity index (χ4n) is 3.38. The Morgan fingerprint density at radius 2 is 1.90 bits per heavy atom. The van der Waals surface area contributed by atoms with E-state index in [0.29, 0.717) is 5.56 Å². The summed E-state index contributed by atoms with van der Waals surface area (Å²) in [7, 11) is 0. The van der Waals surface area contributed by atoms with Crippen molar-refractivity contribution in [3.8, 4) is 0 Å². The van der Waals surface area contributed by atoms with Gasteiger partial charge in [0, 0.05) is 5.92 Å². The number of carbonyl (C=O) groups excluding carboxylic acids is 1. The number of carboxylic acids is 1. The van der Waals surface area contributed by atoms with E-state index in [2.05, 4.69) is 5.32 Å². The van der Waals surface area contributed by atoms with E-state index in [4.69, 9.17) is 5.11 Å². The van der Waals surface area contributed by atoms with Crippen molar-refractivity contribution < 1.29 is 14.7 Å². The van der Waals surface area contributed by atoms with Gasteiger partial charge < -0.3 is 10.4 Å². The summed E-state index contributed by atoms with van der Waals surface area (Å²) in [4.78, 5) is 23.1. The zero-order valence-electron chi connectivity index (χ0n) is 11.4. The molecule has 0 spiro atoms. The van der Waals surface area contributed by atoms with E-state index >= 15 is 0 Å². The molecule has 2 N–H and O–H groups in total. The molecule has 2 aliphatic rings. The van der Waals surface area contributed by atoms with Crippen molar-refractivity contribution in [1.29, 1.82) is 0 Å². The molecule has 1 aromatic carbocycles. The molecule has 0 radical (unpaired) electrons. The van der Waals surface area contributed by atoms with Crippen LogP contribution in [0.4, 0.5) is 0 Å². The van der Waals surface area contributed by atoms with Gasteiger partial charge in [0.1, 0.15) is 0 Å². The minimum absolute atomic E-state index is 0.0564. The van der Waals surface area contributed by atoms with Gasteiger partial charge in [0.2, 0.25) is 5.91 Å². The molecule has 1 fully saturated rings. The van der Waals surface area contributed by atoms with Crippen molar-refractivity contribution in [2.45, 2.75) is 44.6 Å². The molecule has 0 bridgehead atoms. The van der Waals surface area contributed by atoms with Gasteiger partial charge in [0.15, 0.2) is 0 Å². The molecule has 1 saturated carbocycles. The zero-order valence-corrected chi connectivity index (χ0v) is 11.4. The topological polar surface area (TPSA) is 66.4 Å². The second-order valence-corrected chi connectivity index (χ2v) is 5.80. The van der Waals surface area contributed by atoms with Crippen molar-refractivity contribution in [3.63, 3.8) is 0 Å². The number of rotatable bonds is 3. The van der Waals surface area contributed by atoms with E-state index in [1.54, 1.807) is 12.1 Å². The fraction of sp³-hybridized carbons (Fsp3) is 0.500. The predicted molar refractivity (Wildman–Crippen MR) is 74.6 cm³/mol. The van der Waals surface area contributed by atoms with E-state index in [1.807, 2.05) is 6.07 Å². The zero-order chi connectivity index (χ0) is 14.1. The van der Waals surface area contributed by atoms with Gasteiger partial charge in [-0.05, 0) is 48.9 Å². The second kappa shape index (κ2) is 5.27. The molecule has 0 saturated heterocycles. The minimum Gasteiger partial charge on any atom is -0.478 e. The molecule has 1 aromatic rings. The number of fused-ring (bicyclic) bond motifs is 1. The molecular weight excluding hydrogens is 254 g/mol. The summed E-state index contributed by atoms with van der Waals surface area (Å²) in [5.74, 6) is -0.550. The van der Waals surface area contributed by atoms with Gasteiger partial charge in [-0.1, -0.05) is 18.9 Å². The van der Waals surface area contributed by atoms with Crippen LogP contribution in [0.5, 0.6) is 0 Å². The van der Waals surface area contributed by atoms with Crippen molar-refractivity contribution in [1.82, 2.24) is 5.32 Å². The lowest BCUT2D eigenvalue weighted by atomic mass is 10.0. The Balaban J connectivity index is 1.72. The second-order valence-electron chi connectivity index (χ2n) is 5.80. The van der Waals surface area contributed by atoms with Crippen LogP contribution in [-0.2, 0) is 11.2 Å². The van der Waals surface area contributed by atoms with E-state index in [1.165, 1.54) is 0 Å². The van der Waals surface area contributed by atoms with Crippen LogP contribution in [0.3, 0.4) is 0 Å².